The molecule has 2 aromatic rings. The fraction of sp³-hybridized carbons (Fsp3) is 0.391. The molecule has 8 heteroatoms. The van der Waals surface area contributed by atoms with Crippen molar-refractivity contribution in [2.75, 3.05) is 7.11 Å². The van der Waals surface area contributed by atoms with Gasteiger partial charge in [0.25, 0.3) is 0 Å². The highest BCUT2D eigenvalue weighted by Crippen LogP contribution is 2.39. The zero-order valence-electron chi connectivity index (χ0n) is 17.3. The summed E-state index contributed by atoms with van der Waals surface area (Å²) >= 11 is 0. The second-order valence-corrected chi connectivity index (χ2v) is 7.66. The van der Waals surface area contributed by atoms with Crippen molar-refractivity contribution in [1.29, 1.82) is 0 Å². The second kappa shape index (κ2) is 8.99. The lowest BCUT2D eigenvalue weighted by atomic mass is 9.88. The summed E-state index contributed by atoms with van der Waals surface area (Å²) in [6, 6.07) is 7.97. The van der Waals surface area contributed by atoms with Gasteiger partial charge >= 0.3 is 12.1 Å². The molecular formula is C23H24F3NO4. The molecule has 0 atom stereocenters. The van der Waals surface area contributed by atoms with Crippen molar-refractivity contribution in [1.82, 2.24) is 4.90 Å². The van der Waals surface area contributed by atoms with Crippen molar-refractivity contribution in [3.63, 3.8) is 0 Å². The summed E-state index contributed by atoms with van der Waals surface area (Å²) in [6.07, 6.45) is -1.99. The summed E-state index contributed by atoms with van der Waals surface area (Å²) in [4.78, 5) is 25.5. The number of amides is 1. The van der Waals surface area contributed by atoms with E-state index in [1.54, 1.807) is 17.0 Å². The van der Waals surface area contributed by atoms with Crippen molar-refractivity contribution in [3.8, 4) is 16.9 Å². The lowest BCUT2D eigenvalue weighted by Gasteiger charge is -2.38. The number of hydrogen-bond acceptors (Lipinski definition) is 3. The van der Waals surface area contributed by atoms with E-state index in [9.17, 15) is 27.9 Å². The van der Waals surface area contributed by atoms with E-state index in [1.165, 1.54) is 26.2 Å². The van der Waals surface area contributed by atoms with Crippen molar-refractivity contribution in [3.05, 3.63) is 53.1 Å². The van der Waals surface area contributed by atoms with Gasteiger partial charge in [0.15, 0.2) is 0 Å². The molecule has 0 aromatic heterocycles. The summed E-state index contributed by atoms with van der Waals surface area (Å²) in [7, 11) is 1.44. The van der Waals surface area contributed by atoms with Gasteiger partial charge in [-0.2, -0.15) is 13.2 Å². The molecule has 0 radical (unpaired) electrons. The predicted molar refractivity (Wildman–Crippen MR) is 109 cm³/mol. The number of aliphatic carboxylic acids is 1. The van der Waals surface area contributed by atoms with Crippen LogP contribution in [-0.4, -0.2) is 35.0 Å². The van der Waals surface area contributed by atoms with Gasteiger partial charge in [0, 0.05) is 25.1 Å². The van der Waals surface area contributed by atoms with E-state index < -0.39 is 17.7 Å². The molecule has 1 aliphatic rings. The van der Waals surface area contributed by atoms with Crippen LogP contribution in [0, 0.1) is 0 Å². The van der Waals surface area contributed by atoms with Crippen LogP contribution in [-0.2, 0) is 28.7 Å². The van der Waals surface area contributed by atoms with Crippen LogP contribution in [0.5, 0.6) is 5.75 Å². The second-order valence-electron chi connectivity index (χ2n) is 7.66. The van der Waals surface area contributed by atoms with Crippen molar-refractivity contribution < 1.29 is 32.6 Å². The first kappa shape index (κ1) is 22.7. The number of carbonyl (C=O) groups is 2. The van der Waals surface area contributed by atoms with Crippen molar-refractivity contribution in [2.24, 2.45) is 0 Å². The Kier molecular flexibility index (Phi) is 6.57. The van der Waals surface area contributed by atoms with Gasteiger partial charge in [0.05, 0.1) is 19.1 Å². The first-order valence-electron chi connectivity index (χ1n) is 9.97. The number of carbonyl (C=O) groups excluding carboxylic acids is 1. The highest BCUT2D eigenvalue weighted by Gasteiger charge is 2.31. The number of nitrogens with zero attached hydrogens (tertiary/aromatic N) is 1. The number of carboxylic acid groups (broad SMARTS) is 1. The minimum absolute atomic E-state index is 0.0711. The molecule has 1 aliphatic carbocycles. The topological polar surface area (TPSA) is 66.8 Å². The van der Waals surface area contributed by atoms with Gasteiger partial charge in [-0.1, -0.05) is 18.2 Å². The number of benzene rings is 2. The Bertz CT molecular complexity index is 966. The van der Waals surface area contributed by atoms with Crippen LogP contribution in [0.4, 0.5) is 13.2 Å². The third kappa shape index (κ3) is 5.00. The lowest BCUT2D eigenvalue weighted by Crippen LogP contribution is -2.42. The summed E-state index contributed by atoms with van der Waals surface area (Å²) in [6.45, 7) is 1.63. The predicted octanol–water partition coefficient (Wildman–Crippen LogP) is 4.91. The van der Waals surface area contributed by atoms with E-state index >= 15 is 0 Å². The normalized spacial score (nSPS) is 14.1. The number of methoxy groups -OCH3 is 1. The average Bonchev–Trinajstić information content (AvgIpc) is 2.65. The van der Waals surface area contributed by atoms with E-state index in [1.807, 2.05) is 0 Å². The molecule has 0 spiro atoms. The van der Waals surface area contributed by atoms with E-state index in [-0.39, 0.29) is 24.9 Å². The van der Waals surface area contributed by atoms with Crippen molar-refractivity contribution >= 4 is 11.9 Å². The number of halogens is 3. The van der Waals surface area contributed by atoms with Crippen LogP contribution < -0.4 is 4.74 Å². The van der Waals surface area contributed by atoms with Crippen LogP contribution in [0.25, 0.3) is 11.1 Å². The van der Waals surface area contributed by atoms with Crippen LogP contribution in [0.15, 0.2) is 36.4 Å². The lowest BCUT2D eigenvalue weighted by molar-refractivity contribution is -0.138. The van der Waals surface area contributed by atoms with Crippen LogP contribution in [0.3, 0.4) is 0 Å². The third-order valence-corrected chi connectivity index (χ3v) is 5.68. The molecule has 2 aromatic carbocycles. The molecule has 1 amide bonds. The van der Waals surface area contributed by atoms with Gasteiger partial charge < -0.3 is 14.7 Å². The Hall–Kier alpha value is -3.03. The highest BCUT2D eigenvalue weighted by atomic mass is 19.4. The van der Waals surface area contributed by atoms with Gasteiger partial charge in [0.2, 0.25) is 5.91 Å². The first-order valence-corrected chi connectivity index (χ1v) is 9.97. The fourth-order valence-corrected chi connectivity index (χ4v) is 3.86. The molecule has 0 unspecified atom stereocenters. The molecule has 5 nitrogen and oxygen atoms in total. The molecular weight excluding hydrogens is 411 g/mol. The van der Waals surface area contributed by atoms with Crippen LogP contribution in [0.2, 0.25) is 0 Å². The molecule has 3 rings (SSSR count). The molecule has 166 valence electrons. The van der Waals surface area contributed by atoms with E-state index in [0.717, 1.165) is 31.4 Å². The summed E-state index contributed by atoms with van der Waals surface area (Å²) in [5.74, 6) is -0.768. The Morgan fingerprint density at radius 1 is 1.13 bits per heavy atom. The number of alkyl halides is 3. The Morgan fingerprint density at radius 3 is 2.23 bits per heavy atom. The number of ether oxygens (including phenoxy) is 1. The van der Waals surface area contributed by atoms with Crippen LogP contribution >= 0.6 is 0 Å². The minimum Gasteiger partial charge on any atom is -0.496 e. The zero-order valence-corrected chi connectivity index (χ0v) is 17.3. The van der Waals surface area contributed by atoms with E-state index in [2.05, 4.69) is 0 Å². The molecule has 0 bridgehead atoms. The smallest absolute Gasteiger partial charge is 0.416 e. The largest absolute Gasteiger partial charge is 0.496 e. The maximum atomic E-state index is 13.0. The van der Waals surface area contributed by atoms with Gasteiger partial charge in [-0.25, -0.2) is 0 Å². The number of rotatable bonds is 7. The third-order valence-electron chi connectivity index (χ3n) is 5.68. The SMILES string of the molecule is COc1ccc(CC(=O)O)c(CN(C(C)=O)C2CCC2)c1-c1ccc(C(F)(F)F)cc1. The van der Waals surface area contributed by atoms with Crippen molar-refractivity contribution in [2.45, 2.75) is 51.4 Å². The standard InChI is InChI=1S/C23H24F3NO4/c1-14(28)27(18-4-3-5-18)13-19-16(12-21(29)30)8-11-20(31-2)22(19)15-6-9-17(10-7-15)23(24,25)26/h6-11,18H,3-5,12-13H2,1-2H3,(H,29,30). The monoisotopic (exact) mass is 435 g/mol. The molecule has 1 fully saturated rings. The molecule has 31 heavy (non-hydrogen) atoms. The fourth-order valence-electron chi connectivity index (χ4n) is 3.86. The molecule has 1 N–H and O–H groups in total. The maximum absolute atomic E-state index is 13.0. The van der Waals surface area contributed by atoms with Gasteiger partial charge in [-0.05, 0) is 54.2 Å². The summed E-state index contributed by atoms with van der Waals surface area (Å²) < 4.78 is 44.5. The molecule has 0 aliphatic heterocycles. The maximum Gasteiger partial charge on any atom is 0.416 e. The van der Waals surface area contributed by atoms with E-state index in [0.29, 0.717) is 28.0 Å². The van der Waals surface area contributed by atoms with Gasteiger partial charge in [-0.15, -0.1) is 0 Å². The van der Waals surface area contributed by atoms with E-state index in [4.69, 9.17) is 4.74 Å². The quantitative estimate of drug-likeness (QED) is 0.671. The zero-order chi connectivity index (χ0) is 22.8. The minimum atomic E-state index is -4.47. The van der Waals surface area contributed by atoms with Crippen LogP contribution in [0.1, 0.15) is 42.9 Å². The van der Waals surface area contributed by atoms with Gasteiger partial charge in [-0.3, -0.25) is 9.59 Å². The summed E-state index contributed by atoms with van der Waals surface area (Å²) in [5.41, 5.74) is 1.25. The molecule has 0 saturated heterocycles. The molecule has 0 heterocycles. The Labute approximate surface area is 178 Å². The number of carboxylic acids is 1. The molecule has 1 saturated carbocycles. The first-order chi connectivity index (χ1) is 14.6. The Balaban J connectivity index is 2.15. The highest BCUT2D eigenvalue weighted by molar-refractivity contribution is 5.80. The number of hydrogen-bond donors (Lipinski definition) is 1. The summed E-state index contributed by atoms with van der Waals surface area (Å²) in [5, 5.41) is 9.38. The Morgan fingerprint density at radius 2 is 1.77 bits per heavy atom. The average molecular weight is 435 g/mol. The van der Waals surface area contributed by atoms with Gasteiger partial charge in [0.1, 0.15) is 5.75 Å².